The summed E-state index contributed by atoms with van der Waals surface area (Å²) in [5, 5.41) is 20.6. The Bertz CT molecular complexity index is 1060. The summed E-state index contributed by atoms with van der Waals surface area (Å²) in [5.41, 5.74) is 1.36. The van der Waals surface area contributed by atoms with Crippen molar-refractivity contribution in [3.63, 3.8) is 0 Å². The zero-order chi connectivity index (χ0) is 20.5. The van der Waals surface area contributed by atoms with Gasteiger partial charge in [-0.05, 0) is 49.8 Å². The molecule has 4 rings (SSSR count). The molecule has 3 aromatic rings. The van der Waals surface area contributed by atoms with E-state index in [2.05, 4.69) is 20.7 Å². The number of nitrogens with zero attached hydrogens (tertiary/aromatic N) is 4. The van der Waals surface area contributed by atoms with Gasteiger partial charge in [-0.2, -0.15) is 5.10 Å². The molecule has 0 saturated carbocycles. The van der Waals surface area contributed by atoms with Gasteiger partial charge in [0.1, 0.15) is 23.1 Å². The number of thiocarbonyl (C=S) groups is 1. The summed E-state index contributed by atoms with van der Waals surface area (Å²) in [5.74, 6) is -0.502. The Balaban J connectivity index is 1.53. The van der Waals surface area contributed by atoms with Crippen molar-refractivity contribution < 1.29 is 13.9 Å². The predicted molar refractivity (Wildman–Crippen MR) is 110 cm³/mol. The summed E-state index contributed by atoms with van der Waals surface area (Å²) in [7, 11) is 0. The molecule has 1 aromatic carbocycles. The van der Waals surface area contributed by atoms with Crippen LogP contribution in [0.2, 0.25) is 0 Å². The molecule has 3 N–H and O–H groups in total. The smallest absolute Gasteiger partial charge is 0.180 e. The van der Waals surface area contributed by atoms with Crippen molar-refractivity contribution >= 4 is 34.5 Å². The summed E-state index contributed by atoms with van der Waals surface area (Å²) in [6.45, 7) is 2.90. The molecule has 0 radical (unpaired) electrons. The number of aliphatic hydroxyl groups is 1. The topological polar surface area (TPSA) is 77.7 Å². The molecule has 0 unspecified atom stereocenters. The maximum atomic E-state index is 14.0. The van der Waals surface area contributed by atoms with Crippen molar-refractivity contribution in [3.8, 4) is 0 Å². The van der Waals surface area contributed by atoms with Crippen molar-refractivity contribution in [3.05, 3.63) is 53.9 Å². The molecule has 152 valence electrons. The first kappa shape index (κ1) is 19.5. The number of nitrogens with one attached hydrogen (secondary N) is 2. The minimum absolute atomic E-state index is 0.215. The zero-order valence-electron chi connectivity index (χ0n) is 15.6. The van der Waals surface area contributed by atoms with Crippen molar-refractivity contribution in [1.29, 1.82) is 0 Å². The van der Waals surface area contributed by atoms with Gasteiger partial charge in [-0.25, -0.2) is 18.3 Å². The fraction of sp³-hybridized carbons (Fsp3) is 0.316. The molecular weight excluding hydrogens is 398 g/mol. The number of β-amino-alcohol motifs (C(OH)–C–C–N with tert-alkyl or cyclic N) is 1. The molecule has 1 aliphatic rings. The van der Waals surface area contributed by atoms with Crippen LogP contribution in [-0.4, -0.2) is 48.9 Å². The van der Waals surface area contributed by atoms with Crippen LogP contribution in [0.5, 0.6) is 0 Å². The summed E-state index contributed by atoms with van der Waals surface area (Å²) in [6.07, 6.45) is 3.63. The van der Waals surface area contributed by atoms with E-state index in [4.69, 9.17) is 12.2 Å². The molecule has 1 aliphatic heterocycles. The Morgan fingerprint density at radius 1 is 1.34 bits per heavy atom. The standard InChI is InChI=1S/C19H20F2N6OS/c1-11(14-8-12(20)2-3-15(14)21)23-17-5-7-27-18(25-17)16(9-22-27)24-19(29)26-6-4-13(28)10-26/h2-3,5,7-9,11,13,28H,4,6,10H2,1H3,(H,23,25)(H,24,29)/t11-,13+/m1/s1. The highest BCUT2D eigenvalue weighted by molar-refractivity contribution is 7.80. The average Bonchev–Trinajstić information content (AvgIpc) is 3.30. The number of rotatable bonds is 4. The van der Waals surface area contributed by atoms with Gasteiger partial charge in [0.15, 0.2) is 10.8 Å². The Labute approximate surface area is 171 Å². The van der Waals surface area contributed by atoms with Gasteiger partial charge in [0, 0.05) is 24.8 Å². The lowest BCUT2D eigenvalue weighted by molar-refractivity contribution is 0.188. The molecule has 1 saturated heterocycles. The number of aromatic nitrogens is 3. The Kier molecular flexibility index (Phi) is 5.29. The highest BCUT2D eigenvalue weighted by atomic mass is 32.1. The highest BCUT2D eigenvalue weighted by Crippen LogP contribution is 2.23. The van der Waals surface area contributed by atoms with Crippen molar-refractivity contribution in [2.75, 3.05) is 23.7 Å². The number of hydrogen-bond donors (Lipinski definition) is 3. The maximum Gasteiger partial charge on any atom is 0.180 e. The van der Waals surface area contributed by atoms with Gasteiger partial charge in [0.05, 0.1) is 18.3 Å². The lowest BCUT2D eigenvalue weighted by Gasteiger charge is -2.19. The number of anilines is 2. The van der Waals surface area contributed by atoms with Gasteiger partial charge < -0.3 is 20.6 Å². The molecule has 0 bridgehead atoms. The normalized spacial score (nSPS) is 17.5. The lowest BCUT2D eigenvalue weighted by atomic mass is 10.1. The van der Waals surface area contributed by atoms with E-state index in [1.807, 2.05) is 4.90 Å². The summed E-state index contributed by atoms with van der Waals surface area (Å²) in [6, 6.07) is 4.57. The molecule has 10 heteroatoms. The van der Waals surface area contributed by atoms with E-state index in [-0.39, 0.29) is 11.7 Å². The van der Waals surface area contributed by atoms with E-state index in [9.17, 15) is 13.9 Å². The monoisotopic (exact) mass is 418 g/mol. The SMILES string of the molecule is C[C@@H](Nc1ccn2ncc(NC(=S)N3CC[C@H](O)C3)c2n1)c1cc(F)ccc1F. The van der Waals surface area contributed by atoms with E-state index in [1.165, 1.54) is 6.07 Å². The number of halogens is 2. The molecule has 1 fully saturated rings. The van der Waals surface area contributed by atoms with Crippen LogP contribution in [0.25, 0.3) is 5.65 Å². The van der Waals surface area contributed by atoms with Gasteiger partial charge in [-0.3, -0.25) is 0 Å². The first-order valence-electron chi connectivity index (χ1n) is 9.20. The third-order valence-electron chi connectivity index (χ3n) is 4.85. The zero-order valence-corrected chi connectivity index (χ0v) is 16.5. The third-order valence-corrected chi connectivity index (χ3v) is 5.21. The molecule has 0 spiro atoms. The van der Waals surface area contributed by atoms with Gasteiger partial charge in [0.2, 0.25) is 0 Å². The number of likely N-dealkylation sites (tertiary alicyclic amines) is 1. The van der Waals surface area contributed by atoms with Crippen LogP contribution < -0.4 is 10.6 Å². The quantitative estimate of drug-likeness (QED) is 0.563. The molecule has 2 aromatic heterocycles. The first-order chi connectivity index (χ1) is 13.9. The Hall–Kier alpha value is -2.85. The van der Waals surface area contributed by atoms with Crippen LogP contribution in [0.15, 0.2) is 36.7 Å². The minimum atomic E-state index is -0.499. The predicted octanol–water partition coefficient (Wildman–Crippen LogP) is 2.94. The van der Waals surface area contributed by atoms with Crippen LogP contribution in [0.4, 0.5) is 20.3 Å². The maximum absolute atomic E-state index is 14.0. The van der Waals surface area contributed by atoms with Crippen molar-refractivity contribution in [1.82, 2.24) is 19.5 Å². The fourth-order valence-electron chi connectivity index (χ4n) is 3.30. The Morgan fingerprint density at radius 3 is 2.93 bits per heavy atom. The van der Waals surface area contributed by atoms with Gasteiger partial charge >= 0.3 is 0 Å². The molecule has 29 heavy (non-hydrogen) atoms. The van der Waals surface area contributed by atoms with Gasteiger partial charge in [-0.15, -0.1) is 0 Å². The average molecular weight is 418 g/mol. The largest absolute Gasteiger partial charge is 0.391 e. The molecule has 7 nitrogen and oxygen atoms in total. The molecule has 0 aliphatic carbocycles. The number of hydrogen-bond acceptors (Lipinski definition) is 5. The van der Waals surface area contributed by atoms with E-state index in [1.54, 1.807) is 29.9 Å². The van der Waals surface area contributed by atoms with Crippen LogP contribution >= 0.6 is 12.2 Å². The number of benzene rings is 1. The van der Waals surface area contributed by atoms with Crippen LogP contribution in [0.1, 0.15) is 24.9 Å². The highest BCUT2D eigenvalue weighted by Gasteiger charge is 2.23. The second-order valence-corrected chi connectivity index (χ2v) is 7.38. The van der Waals surface area contributed by atoms with Crippen molar-refractivity contribution in [2.24, 2.45) is 0 Å². The third kappa shape index (κ3) is 4.13. The Morgan fingerprint density at radius 2 is 2.17 bits per heavy atom. The van der Waals surface area contributed by atoms with Crippen LogP contribution in [-0.2, 0) is 0 Å². The van der Waals surface area contributed by atoms with E-state index in [0.717, 1.165) is 12.1 Å². The summed E-state index contributed by atoms with van der Waals surface area (Å²) < 4.78 is 29.1. The first-order valence-corrected chi connectivity index (χ1v) is 9.61. The van der Waals surface area contributed by atoms with E-state index >= 15 is 0 Å². The molecule has 3 heterocycles. The number of aliphatic hydroxyl groups excluding tert-OH is 1. The van der Waals surface area contributed by atoms with Crippen molar-refractivity contribution in [2.45, 2.75) is 25.5 Å². The van der Waals surface area contributed by atoms with Crippen LogP contribution in [0.3, 0.4) is 0 Å². The molecule has 0 amide bonds. The minimum Gasteiger partial charge on any atom is -0.391 e. The van der Waals surface area contributed by atoms with E-state index in [0.29, 0.717) is 41.8 Å². The molecular formula is C19H20F2N6OS. The summed E-state index contributed by atoms with van der Waals surface area (Å²) >= 11 is 5.42. The molecule has 2 atom stereocenters. The lowest BCUT2D eigenvalue weighted by Crippen LogP contribution is -2.33. The van der Waals surface area contributed by atoms with Crippen LogP contribution in [0, 0.1) is 11.6 Å². The number of fused-ring (bicyclic) bond motifs is 1. The second kappa shape index (κ2) is 7.88. The van der Waals surface area contributed by atoms with Gasteiger partial charge in [0.25, 0.3) is 0 Å². The van der Waals surface area contributed by atoms with E-state index < -0.39 is 17.7 Å². The fourth-order valence-corrected chi connectivity index (χ4v) is 3.58. The summed E-state index contributed by atoms with van der Waals surface area (Å²) in [4.78, 5) is 6.42. The second-order valence-electron chi connectivity index (χ2n) is 6.99. The van der Waals surface area contributed by atoms with Gasteiger partial charge in [-0.1, -0.05) is 0 Å².